The van der Waals surface area contributed by atoms with E-state index in [0.29, 0.717) is 48.3 Å². The van der Waals surface area contributed by atoms with Crippen molar-refractivity contribution in [3.05, 3.63) is 59.7 Å². The summed E-state index contributed by atoms with van der Waals surface area (Å²) < 4.78 is 0. The van der Waals surface area contributed by atoms with Crippen LogP contribution in [0.25, 0.3) is 0 Å². The first-order chi connectivity index (χ1) is 19.2. The second-order valence-corrected chi connectivity index (χ2v) is 12.5. The van der Waals surface area contributed by atoms with E-state index >= 15 is 0 Å². The molecular weight excluding hydrogens is 556 g/mol. The Bertz CT molecular complexity index is 1160. The van der Waals surface area contributed by atoms with Gasteiger partial charge in [-0.25, -0.2) is 9.59 Å². The molecule has 2 fully saturated rings. The number of hydrogen-bond donors (Lipinski definition) is 4. The molecule has 4 unspecified atom stereocenters. The number of hydrogen-bond acceptors (Lipinski definition) is 8. The summed E-state index contributed by atoms with van der Waals surface area (Å²) >= 11 is 0. The Morgan fingerprint density at radius 2 is 1.02 bits per heavy atom. The maximum absolute atomic E-state index is 13.1. The number of benzene rings is 2. The number of aliphatic carboxylic acids is 2. The Morgan fingerprint density at radius 3 is 1.38 bits per heavy atom. The number of para-hydroxylation sites is 2. The highest BCUT2D eigenvalue weighted by molar-refractivity contribution is 8.76. The van der Waals surface area contributed by atoms with E-state index in [1.807, 2.05) is 0 Å². The van der Waals surface area contributed by atoms with E-state index < -0.39 is 36.1 Å². The van der Waals surface area contributed by atoms with Crippen LogP contribution in [0.1, 0.15) is 61.7 Å². The highest BCUT2D eigenvalue weighted by Gasteiger charge is 2.43. The standard InChI is InChI=1S/C28H32N2O8S2/c31-23-7-3-1-5-17(23)19-9-11-21(27(35)36)29(19)25(33)13-15-39-40-16-14-26(34)30-20(10-12-22(30)28(37)38)18-6-2-4-8-24(18)32/h1-8,19-22,31-32H,9-16H2,(H,35,36)(H,37,38). The Kier molecular flexibility index (Phi) is 9.85. The predicted molar refractivity (Wildman–Crippen MR) is 151 cm³/mol. The van der Waals surface area contributed by atoms with Crippen LogP contribution in [-0.4, -0.2) is 77.6 Å². The van der Waals surface area contributed by atoms with Gasteiger partial charge in [0.2, 0.25) is 11.8 Å². The molecule has 2 aromatic carbocycles. The van der Waals surface area contributed by atoms with E-state index in [-0.39, 0.29) is 36.2 Å². The fourth-order valence-corrected chi connectivity index (χ4v) is 7.54. The molecule has 2 aliphatic rings. The zero-order chi connectivity index (χ0) is 28.8. The van der Waals surface area contributed by atoms with Crippen LogP contribution in [0.2, 0.25) is 0 Å². The topological polar surface area (TPSA) is 156 Å². The maximum Gasteiger partial charge on any atom is 0.326 e. The van der Waals surface area contributed by atoms with Crippen molar-refractivity contribution in [1.29, 1.82) is 0 Å². The molecular formula is C28H32N2O8S2. The fourth-order valence-electron chi connectivity index (χ4n) is 5.59. The summed E-state index contributed by atoms with van der Waals surface area (Å²) in [5.41, 5.74) is 1.06. The van der Waals surface area contributed by atoms with Crippen LogP contribution in [0, 0.1) is 0 Å². The van der Waals surface area contributed by atoms with Gasteiger partial charge < -0.3 is 30.2 Å². The quantitative estimate of drug-likeness (QED) is 0.222. The molecule has 2 amide bonds. The highest BCUT2D eigenvalue weighted by atomic mass is 33.1. The summed E-state index contributed by atoms with van der Waals surface area (Å²) in [4.78, 5) is 52.5. The second kappa shape index (κ2) is 13.3. The molecule has 4 rings (SSSR count). The third kappa shape index (κ3) is 6.49. The minimum Gasteiger partial charge on any atom is -0.508 e. The summed E-state index contributed by atoms with van der Waals surface area (Å²) in [6.45, 7) is 0. The van der Waals surface area contributed by atoms with Crippen molar-refractivity contribution in [3.8, 4) is 11.5 Å². The van der Waals surface area contributed by atoms with Crippen LogP contribution in [0.15, 0.2) is 48.5 Å². The summed E-state index contributed by atoms with van der Waals surface area (Å²) in [7, 11) is 2.77. The number of rotatable bonds is 11. The molecule has 0 bridgehead atoms. The molecule has 10 nitrogen and oxygen atoms in total. The van der Waals surface area contributed by atoms with Gasteiger partial charge in [0, 0.05) is 35.5 Å². The number of phenols is 2. The monoisotopic (exact) mass is 588 g/mol. The average Bonchev–Trinajstić information content (AvgIpc) is 3.56. The van der Waals surface area contributed by atoms with E-state index in [1.54, 1.807) is 36.4 Å². The first-order valence-electron chi connectivity index (χ1n) is 13.1. The molecule has 2 aromatic rings. The number of nitrogens with zero attached hydrogens (tertiary/aromatic N) is 2. The number of carboxylic acids is 2. The zero-order valence-electron chi connectivity index (χ0n) is 21.7. The van der Waals surface area contributed by atoms with Crippen LogP contribution < -0.4 is 0 Å². The zero-order valence-corrected chi connectivity index (χ0v) is 23.4. The third-order valence-corrected chi connectivity index (χ3v) is 9.80. The van der Waals surface area contributed by atoms with Crippen molar-refractivity contribution in [1.82, 2.24) is 9.80 Å². The lowest BCUT2D eigenvalue weighted by Gasteiger charge is -2.29. The fraction of sp³-hybridized carbons (Fsp3) is 0.429. The Morgan fingerprint density at radius 1 is 0.650 bits per heavy atom. The van der Waals surface area contributed by atoms with Crippen LogP contribution in [-0.2, 0) is 19.2 Å². The van der Waals surface area contributed by atoms with Gasteiger partial charge >= 0.3 is 11.9 Å². The number of amides is 2. The summed E-state index contributed by atoms with van der Waals surface area (Å²) in [6.07, 6.45) is 1.70. The Labute approximate surface area is 239 Å². The minimum atomic E-state index is -1.07. The predicted octanol–water partition coefficient (Wildman–Crippen LogP) is 4.19. The van der Waals surface area contributed by atoms with Gasteiger partial charge in [0.1, 0.15) is 23.6 Å². The molecule has 0 radical (unpaired) electrons. The number of carboxylic acid groups (broad SMARTS) is 2. The van der Waals surface area contributed by atoms with Gasteiger partial charge in [-0.15, -0.1) is 0 Å². The molecule has 0 saturated carbocycles. The van der Waals surface area contributed by atoms with Gasteiger partial charge in [-0.3, -0.25) is 9.59 Å². The van der Waals surface area contributed by atoms with Crippen LogP contribution in [0.3, 0.4) is 0 Å². The van der Waals surface area contributed by atoms with E-state index in [0.717, 1.165) is 0 Å². The van der Waals surface area contributed by atoms with Gasteiger partial charge in [-0.2, -0.15) is 0 Å². The van der Waals surface area contributed by atoms with E-state index in [1.165, 1.54) is 43.5 Å². The molecule has 0 aromatic heterocycles. The number of carbonyl (C=O) groups is 4. The van der Waals surface area contributed by atoms with Crippen molar-refractivity contribution in [2.45, 2.75) is 62.7 Å². The Balaban J connectivity index is 1.29. The second-order valence-electron chi connectivity index (χ2n) is 9.76. The lowest BCUT2D eigenvalue weighted by atomic mass is 10.0. The van der Waals surface area contributed by atoms with E-state index in [2.05, 4.69) is 0 Å². The van der Waals surface area contributed by atoms with E-state index in [4.69, 9.17) is 0 Å². The van der Waals surface area contributed by atoms with Crippen molar-refractivity contribution >= 4 is 45.3 Å². The lowest BCUT2D eigenvalue weighted by Crippen LogP contribution is -2.42. The van der Waals surface area contributed by atoms with Gasteiger partial charge in [0.25, 0.3) is 0 Å². The van der Waals surface area contributed by atoms with Gasteiger partial charge in [0.15, 0.2) is 0 Å². The molecule has 214 valence electrons. The highest BCUT2D eigenvalue weighted by Crippen LogP contribution is 2.42. The number of carbonyl (C=O) groups excluding carboxylic acids is 2. The van der Waals surface area contributed by atoms with Crippen molar-refractivity contribution < 1.29 is 39.6 Å². The molecule has 12 heteroatoms. The molecule has 4 atom stereocenters. The summed E-state index contributed by atoms with van der Waals surface area (Å²) in [5, 5.41) is 39.8. The molecule has 0 spiro atoms. The smallest absolute Gasteiger partial charge is 0.326 e. The minimum absolute atomic E-state index is 0.0267. The lowest BCUT2D eigenvalue weighted by molar-refractivity contribution is -0.149. The van der Waals surface area contributed by atoms with Gasteiger partial charge in [-0.1, -0.05) is 58.0 Å². The van der Waals surface area contributed by atoms with Crippen molar-refractivity contribution in [2.75, 3.05) is 11.5 Å². The molecule has 2 saturated heterocycles. The number of aromatic hydroxyl groups is 2. The van der Waals surface area contributed by atoms with Gasteiger partial charge in [0.05, 0.1) is 12.1 Å². The number of likely N-dealkylation sites (tertiary alicyclic amines) is 2. The molecule has 2 heterocycles. The SMILES string of the molecule is O=C(O)C1CCC(c2ccccc2O)N1C(=O)CCSSCCC(=O)N1C(C(=O)O)CCC1c1ccccc1O. The van der Waals surface area contributed by atoms with E-state index in [9.17, 15) is 39.6 Å². The first kappa shape index (κ1) is 29.6. The van der Waals surface area contributed by atoms with Gasteiger partial charge in [-0.05, 0) is 37.8 Å². The van der Waals surface area contributed by atoms with Crippen LogP contribution >= 0.6 is 21.6 Å². The average molecular weight is 589 g/mol. The summed E-state index contributed by atoms with van der Waals surface area (Å²) in [5.74, 6) is -1.92. The summed E-state index contributed by atoms with van der Waals surface area (Å²) in [6, 6.07) is 10.3. The van der Waals surface area contributed by atoms with Crippen molar-refractivity contribution in [2.24, 2.45) is 0 Å². The largest absolute Gasteiger partial charge is 0.508 e. The molecule has 40 heavy (non-hydrogen) atoms. The molecule has 4 N–H and O–H groups in total. The molecule has 2 aliphatic heterocycles. The van der Waals surface area contributed by atoms with Crippen molar-refractivity contribution in [3.63, 3.8) is 0 Å². The first-order valence-corrected chi connectivity index (χ1v) is 15.6. The normalized spacial score (nSPS) is 22.4. The Hall–Kier alpha value is -3.38. The maximum atomic E-state index is 13.1. The third-order valence-electron chi connectivity index (χ3n) is 7.39. The van der Waals surface area contributed by atoms with Crippen LogP contribution in [0.5, 0.6) is 11.5 Å². The number of phenolic OH excluding ortho intramolecular Hbond substituents is 2. The molecule has 0 aliphatic carbocycles. The van der Waals surface area contributed by atoms with Crippen LogP contribution in [0.4, 0.5) is 0 Å².